The molecular weight excluding hydrogens is 201 g/mol. The zero-order valence-corrected chi connectivity index (χ0v) is 7.63. The molecule has 5 N–H and O–H groups in total. The molecule has 8 heteroatoms. The third-order valence-electron chi connectivity index (χ3n) is 1.66. The number of aliphatic hydroxyl groups excluding tert-OH is 1. The van der Waals surface area contributed by atoms with Gasteiger partial charge in [0, 0.05) is 6.42 Å². The molecule has 1 aliphatic rings. The van der Waals surface area contributed by atoms with Crippen molar-refractivity contribution in [3.63, 3.8) is 0 Å². The summed E-state index contributed by atoms with van der Waals surface area (Å²) in [5, 5.41) is 9.10. The summed E-state index contributed by atoms with van der Waals surface area (Å²) in [6.07, 6.45) is -1.94. The Hall–Kier alpha value is -0.0100. The second kappa shape index (κ2) is 4.02. The fourth-order valence-electron chi connectivity index (χ4n) is 1.06. The Labute approximate surface area is 79.1 Å². The van der Waals surface area contributed by atoms with Crippen LogP contribution in [0.3, 0.4) is 0 Å². The normalized spacial score (nSPS) is 35.2. The summed E-state index contributed by atoms with van der Waals surface area (Å²) in [5.41, 5.74) is 5.29. The highest BCUT2D eigenvalue weighted by Gasteiger charge is 2.32. The summed E-state index contributed by atoms with van der Waals surface area (Å²) in [5.74, 6) is 0. The highest BCUT2D eigenvalue weighted by Crippen LogP contribution is 2.36. The predicted octanol–water partition coefficient (Wildman–Crippen LogP) is -1.13. The third kappa shape index (κ3) is 3.70. The molecule has 0 spiro atoms. The molecule has 1 heterocycles. The average molecular weight is 216 g/mol. The molecule has 1 aliphatic heterocycles. The zero-order valence-electron chi connectivity index (χ0n) is 9.74. The Balaban J connectivity index is -0.000000563. The zero-order chi connectivity index (χ0) is 10.1. The first kappa shape index (κ1) is 11.1. The molecule has 0 aromatic heterocycles. The van der Waals surface area contributed by atoms with Crippen LogP contribution in [0.5, 0.6) is 0 Å². The maximum absolute atomic E-state index is 10.3. The first-order chi connectivity index (χ1) is 5.88. The van der Waals surface area contributed by atoms with Gasteiger partial charge in [0.1, 0.15) is 6.23 Å². The molecule has 13 heavy (non-hydrogen) atoms. The van der Waals surface area contributed by atoms with Gasteiger partial charge in [0.2, 0.25) is 0 Å². The Bertz CT molecular complexity index is 218. The van der Waals surface area contributed by atoms with Crippen molar-refractivity contribution < 1.29 is 33.0 Å². The van der Waals surface area contributed by atoms with Gasteiger partial charge in [-0.3, -0.25) is 4.52 Å². The van der Waals surface area contributed by atoms with Crippen molar-refractivity contribution in [1.29, 1.82) is 0 Å². The number of ether oxygens (including phenoxy) is 1. The van der Waals surface area contributed by atoms with Crippen LogP contribution < -0.4 is 5.73 Å². The van der Waals surface area contributed by atoms with Crippen molar-refractivity contribution in [1.82, 2.24) is 0 Å². The lowest BCUT2D eigenvalue weighted by Gasteiger charge is -2.10. The monoisotopic (exact) mass is 216 g/mol. The molecule has 0 aromatic rings. The first-order valence-electron chi connectivity index (χ1n) is 3.67. The Kier molecular flexibility index (Phi) is 3.42. The summed E-state index contributed by atoms with van der Waals surface area (Å²) in [4.78, 5) is 16.7. The van der Waals surface area contributed by atoms with Gasteiger partial charge in [-0.1, -0.05) is 0 Å². The highest BCUT2D eigenvalue weighted by atomic mass is 31.2. The summed E-state index contributed by atoms with van der Waals surface area (Å²) in [7, 11) is -4.46. The van der Waals surface area contributed by atoms with Crippen molar-refractivity contribution in [2.45, 2.75) is 24.9 Å². The van der Waals surface area contributed by atoms with E-state index in [0.717, 1.165) is 0 Å². The molecule has 1 fully saturated rings. The molecule has 0 saturated carbocycles. The fraction of sp³-hybridized carbons (Fsp3) is 1.00. The molecule has 78 valence electrons. The van der Waals surface area contributed by atoms with Gasteiger partial charge in [0.15, 0.2) is 0 Å². The molecule has 3 atom stereocenters. The second-order valence-electron chi connectivity index (χ2n) is 2.81. The summed E-state index contributed by atoms with van der Waals surface area (Å²) in [6, 6.07) is 0. The van der Waals surface area contributed by atoms with E-state index in [9.17, 15) is 4.57 Å². The van der Waals surface area contributed by atoms with Crippen LogP contribution in [0, 0.1) is 0 Å². The van der Waals surface area contributed by atoms with E-state index >= 15 is 0 Å². The van der Waals surface area contributed by atoms with E-state index < -0.39 is 26.3 Å². The number of phosphoric ester groups is 1. The molecule has 0 bridgehead atoms. The van der Waals surface area contributed by atoms with Crippen LogP contribution in [-0.2, 0) is 13.8 Å². The number of hydrogen-bond donors (Lipinski definition) is 4. The van der Waals surface area contributed by atoms with Crippen LogP contribution in [0.25, 0.3) is 0 Å². The van der Waals surface area contributed by atoms with E-state index in [-0.39, 0.29) is 17.3 Å². The number of aliphatic hydroxyl groups is 1. The van der Waals surface area contributed by atoms with Gasteiger partial charge in [-0.25, -0.2) is 4.57 Å². The maximum Gasteiger partial charge on any atom is 1.00 e. The Morgan fingerprint density at radius 1 is 1.69 bits per heavy atom. The smallest absolute Gasteiger partial charge is 0.389 e. The van der Waals surface area contributed by atoms with Gasteiger partial charge < -0.3 is 25.4 Å². The van der Waals surface area contributed by atoms with Gasteiger partial charge >= 0.3 is 12.1 Å². The minimum atomic E-state index is -4.46. The minimum Gasteiger partial charge on any atom is -0.389 e. The van der Waals surface area contributed by atoms with E-state index in [4.69, 9.17) is 25.4 Å². The minimum absolute atomic E-state index is 0. The van der Waals surface area contributed by atoms with E-state index in [2.05, 4.69) is 4.52 Å². The summed E-state index contributed by atoms with van der Waals surface area (Å²) < 4.78 is 19.4. The second-order valence-corrected chi connectivity index (χ2v) is 4.05. The van der Waals surface area contributed by atoms with Crippen molar-refractivity contribution >= 4 is 7.82 Å². The predicted molar refractivity (Wildman–Crippen MR) is 44.8 cm³/mol. The summed E-state index contributed by atoms with van der Waals surface area (Å²) in [6.45, 7) is -0.269. The Morgan fingerprint density at radius 3 is 2.69 bits per heavy atom. The van der Waals surface area contributed by atoms with Gasteiger partial charge in [-0.2, -0.15) is 0 Å². The number of nitrogens with two attached hydrogens (primary N) is 1. The van der Waals surface area contributed by atoms with Crippen molar-refractivity contribution in [2.24, 2.45) is 5.73 Å². The molecule has 0 aromatic carbocycles. The topological polar surface area (TPSA) is 122 Å². The molecule has 7 nitrogen and oxygen atoms in total. The lowest BCUT2D eigenvalue weighted by atomic mass is 10.2. The van der Waals surface area contributed by atoms with Gasteiger partial charge in [0.25, 0.3) is 0 Å². The van der Waals surface area contributed by atoms with Crippen LogP contribution in [0.2, 0.25) is 0 Å². The molecule has 0 amide bonds. The lowest BCUT2D eigenvalue weighted by Crippen LogP contribution is -2.30. The van der Waals surface area contributed by atoms with Crippen LogP contribution in [0.15, 0.2) is 0 Å². The lowest BCUT2D eigenvalue weighted by molar-refractivity contribution is -0.00587. The fourth-order valence-corrected chi connectivity index (χ4v) is 1.42. The quantitative estimate of drug-likeness (QED) is 0.440. The third-order valence-corrected chi connectivity index (χ3v) is 2.15. The van der Waals surface area contributed by atoms with Crippen LogP contribution >= 0.6 is 7.82 Å². The number of hydrogen-bond acceptors (Lipinski definition) is 5. The molecule has 0 unspecified atom stereocenters. The van der Waals surface area contributed by atoms with Crippen molar-refractivity contribution in [2.75, 3.05) is 6.61 Å². The SMILES string of the molecule is N[C@@H]1O[C@H](COP(=O)(O)O)C[C@H]1O.[H+].[H+].[H+]. The van der Waals surface area contributed by atoms with Crippen LogP contribution in [0.1, 0.15) is 10.7 Å². The van der Waals surface area contributed by atoms with Crippen LogP contribution in [-0.4, -0.2) is 39.9 Å². The molecule has 1 saturated heterocycles. The molecule has 0 radical (unpaired) electrons. The van der Waals surface area contributed by atoms with Gasteiger partial charge in [-0.15, -0.1) is 0 Å². The van der Waals surface area contributed by atoms with Crippen molar-refractivity contribution in [3.05, 3.63) is 0 Å². The summed E-state index contributed by atoms with van der Waals surface area (Å²) >= 11 is 0. The van der Waals surface area contributed by atoms with E-state index in [1.54, 1.807) is 0 Å². The van der Waals surface area contributed by atoms with Crippen LogP contribution in [0.4, 0.5) is 0 Å². The maximum atomic E-state index is 10.3. The van der Waals surface area contributed by atoms with E-state index in [0.29, 0.717) is 0 Å². The Morgan fingerprint density at radius 2 is 2.31 bits per heavy atom. The number of phosphoric acid groups is 1. The average Bonchev–Trinajstić information content (AvgIpc) is 2.27. The first-order valence-corrected chi connectivity index (χ1v) is 5.21. The standard InChI is InChI=1S/C5H12NO6P/c6-5-4(7)1-3(12-5)2-11-13(8,9)10/h3-5,7H,1-2,6H2,(H2,8,9,10)/p+3/t3-,4+,5+/m0/s1. The molecule has 1 rings (SSSR count). The van der Waals surface area contributed by atoms with E-state index in [1.807, 2.05) is 0 Å². The molecule has 0 aliphatic carbocycles. The largest absolute Gasteiger partial charge is 1.00 e. The molecular formula is C5H15NO6P+3. The van der Waals surface area contributed by atoms with E-state index in [1.165, 1.54) is 0 Å². The number of rotatable bonds is 3. The van der Waals surface area contributed by atoms with Crippen molar-refractivity contribution in [3.8, 4) is 0 Å². The van der Waals surface area contributed by atoms with Gasteiger partial charge in [0.05, 0.1) is 18.8 Å². The van der Waals surface area contributed by atoms with Gasteiger partial charge in [-0.05, 0) is 0 Å². The highest BCUT2D eigenvalue weighted by molar-refractivity contribution is 7.46.